The zero-order valence-electron chi connectivity index (χ0n) is 20.7. The van der Waals surface area contributed by atoms with E-state index in [0.717, 1.165) is 6.42 Å². The molecule has 0 aliphatic heterocycles. The zero-order valence-corrected chi connectivity index (χ0v) is 25.8. The summed E-state index contributed by atoms with van der Waals surface area (Å²) in [7, 11) is -1.03. The van der Waals surface area contributed by atoms with Crippen molar-refractivity contribution >= 4 is 19.6 Å². The molecule has 2 aliphatic carbocycles. The van der Waals surface area contributed by atoms with Crippen molar-refractivity contribution in [2.24, 2.45) is 0 Å². The fourth-order valence-corrected chi connectivity index (χ4v) is 8.90. The molecule has 2 aliphatic rings. The van der Waals surface area contributed by atoms with Gasteiger partial charge in [-0.05, 0) is 0 Å². The second kappa shape index (κ2) is 9.69. The van der Waals surface area contributed by atoms with E-state index in [1.165, 1.54) is 16.7 Å². The van der Waals surface area contributed by atoms with E-state index in [4.69, 9.17) is 0 Å². The van der Waals surface area contributed by atoms with Gasteiger partial charge in [-0.1, -0.05) is 0 Å². The van der Waals surface area contributed by atoms with Gasteiger partial charge in [0.15, 0.2) is 0 Å². The summed E-state index contributed by atoms with van der Waals surface area (Å²) in [4.78, 5) is 0. The summed E-state index contributed by atoms with van der Waals surface area (Å²) in [6.07, 6.45) is 8.06. The molecule has 0 N–H and O–H groups in total. The number of halogens is 2. The van der Waals surface area contributed by atoms with Crippen LogP contribution in [0.3, 0.4) is 0 Å². The maximum Gasteiger partial charge on any atom is -1.00 e. The molecule has 0 aromatic heterocycles. The van der Waals surface area contributed by atoms with Gasteiger partial charge in [-0.2, -0.15) is 0 Å². The first-order chi connectivity index (χ1) is 13.9. The van der Waals surface area contributed by atoms with Crippen LogP contribution in [-0.2, 0) is 35.5 Å². The van der Waals surface area contributed by atoms with Crippen molar-refractivity contribution < 1.29 is 49.5 Å². The summed E-state index contributed by atoms with van der Waals surface area (Å²) in [5.74, 6) is 0. The SMILES string of the molecule is C[SiH](C)c1c(C(C)(C)C)cc2c(c1C1=CC=CC1)[CH]([Zr+2])c1c-2cccc1C(C)(C)C.[Cl-].[Cl-]. The van der Waals surface area contributed by atoms with Crippen LogP contribution in [0.4, 0.5) is 0 Å². The average molecular weight is 562 g/mol. The van der Waals surface area contributed by atoms with Crippen molar-refractivity contribution in [2.45, 2.75) is 75.5 Å². The summed E-state index contributed by atoms with van der Waals surface area (Å²) in [5.41, 5.74) is 12.9. The van der Waals surface area contributed by atoms with Gasteiger partial charge in [-0.15, -0.1) is 0 Å². The molecule has 169 valence electrons. The normalized spacial score (nSPS) is 17.0. The van der Waals surface area contributed by atoms with Crippen molar-refractivity contribution in [1.29, 1.82) is 0 Å². The van der Waals surface area contributed by atoms with Crippen molar-refractivity contribution in [3.8, 4) is 11.1 Å². The minimum absolute atomic E-state index is 0. The van der Waals surface area contributed by atoms with Crippen LogP contribution in [0.2, 0.25) is 13.1 Å². The Labute approximate surface area is 224 Å². The molecule has 0 saturated heterocycles. The molecular weight excluding hydrogens is 527 g/mol. The molecule has 32 heavy (non-hydrogen) atoms. The Morgan fingerprint density at radius 1 is 0.875 bits per heavy atom. The predicted molar refractivity (Wildman–Crippen MR) is 131 cm³/mol. The minimum atomic E-state index is -1.03. The maximum atomic E-state index is 2.60. The summed E-state index contributed by atoms with van der Waals surface area (Å²) in [5, 5.41) is 1.72. The van der Waals surface area contributed by atoms with E-state index >= 15 is 0 Å². The molecule has 2 aromatic rings. The van der Waals surface area contributed by atoms with E-state index in [0.29, 0.717) is 3.63 Å². The van der Waals surface area contributed by atoms with Crippen LogP contribution in [-0.4, -0.2) is 8.80 Å². The van der Waals surface area contributed by atoms with Crippen LogP contribution in [0.5, 0.6) is 0 Å². The van der Waals surface area contributed by atoms with Crippen LogP contribution in [0.25, 0.3) is 16.7 Å². The van der Waals surface area contributed by atoms with E-state index in [2.05, 4.69) is 97.1 Å². The fourth-order valence-electron chi connectivity index (χ4n) is 5.35. The van der Waals surface area contributed by atoms with Gasteiger partial charge in [-0.3, -0.25) is 0 Å². The van der Waals surface area contributed by atoms with Gasteiger partial charge in [0.05, 0.1) is 0 Å². The molecule has 0 heterocycles. The minimum Gasteiger partial charge on any atom is -1.00 e. The fraction of sp³-hybridized carbons (Fsp3) is 0.429. The van der Waals surface area contributed by atoms with E-state index in [1.54, 1.807) is 57.7 Å². The smallest absolute Gasteiger partial charge is 1.00 e. The number of rotatable bonds is 2. The third-order valence-electron chi connectivity index (χ3n) is 6.67. The largest absolute Gasteiger partial charge is 1.00 e. The van der Waals surface area contributed by atoms with Gasteiger partial charge < -0.3 is 24.8 Å². The zero-order chi connectivity index (χ0) is 22.0. The Morgan fingerprint density at radius 2 is 1.50 bits per heavy atom. The number of hydrogen-bond donors (Lipinski definition) is 0. The average Bonchev–Trinajstić information content (AvgIpc) is 3.26. The molecule has 0 fully saturated rings. The summed E-state index contributed by atoms with van der Waals surface area (Å²) < 4.78 is 0.537. The summed E-state index contributed by atoms with van der Waals surface area (Å²) in [6.45, 7) is 19.3. The predicted octanol–water partition coefficient (Wildman–Crippen LogP) is 0.943. The van der Waals surface area contributed by atoms with Crippen LogP contribution >= 0.6 is 0 Å². The van der Waals surface area contributed by atoms with Crippen molar-refractivity contribution in [3.05, 3.63) is 70.3 Å². The monoisotopic (exact) mass is 559 g/mol. The van der Waals surface area contributed by atoms with Gasteiger partial charge in [0.1, 0.15) is 0 Å². The first-order valence-corrected chi connectivity index (χ1v) is 15.7. The Balaban J connectivity index is 0.00000181. The van der Waals surface area contributed by atoms with Gasteiger partial charge in [-0.25, -0.2) is 0 Å². The van der Waals surface area contributed by atoms with Crippen molar-refractivity contribution in [1.82, 2.24) is 0 Å². The van der Waals surface area contributed by atoms with E-state index in [1.807, 2.05) is 0 Å². The Bertz CT molecular complexity index is 1080. The number of fused-ring (bicyclic) bond motifs is 3. The van der Waals surface area contributed by atoms with E-state index in [9.17, 15) is 0 Å². The van der Waals surface area contributed by atoms with Gasteiger partial charge >= 0.3 is 201 Å². The second-order valence-electron chi connectivity index (χ2n) is 11.4. The third kappa shape index (κ3) is 4.59. The van der Waals surface area contributed by atoms with Crippen LogP contribution < -0.4 is 30.0 Å². The molecule has 4 rings (SSSR count). The maximum absolute atomic E-state index is 2.60. The molecule has 0 saturated carbocycles. The van der Waals surface area contributed by atoms with Gasteiger partial charge in [0.2, 0.25) is 0 Å². The van der Waals surface area contributed by atoms with Crippen molar-refractivity contribution in [2.75, 3.05) is 0 Å². The van der Waals surface area contributed by atoms with Gasteiger partial charge in [0, 0.05) is 0 Å². The molecule has 0 bridgehead atoms. The second-order valence-corrected chi connectivity index (χ2v) is 15.7. The van der Waals surface area contributed by atoms with E-state index in [-0.39, 0.29) is 35.6 Å². The Morgan fingerprint density at radius 3 is 2.00 bits per heavy atom. The topological polar surface area (TPSA) is 0 Å². The Hall–Kier alpha value is -0.400. The van der Waals surface area contributed by atoms with Gasteiger partial charge in [0.25, 0.3) is 0 Å². The van der Waals surface area contributed by atoms with Crippen LogP contribution in [0.1, 0.15) is 79.4 Å². The molecule has 0 amide bonds. The Kier molecular flexibility index (Phi) is 8.43. The molecule has 0 nitrogen and oxygen atoms in total. The van der Waals surface area contributed by atoms with Crippen LogP contribution in [0.15, 0.2) is 42.5 Å². The standard InChI is InChI=1S/C28H35Si.2ClH.Zr/c1-27(2,3)23-15-11-14-19-20-17-24(28(4,5)6)26(29(7)8)25(18-12-9-10-13-18)22(20)16-21(19)23;;;/h9-12,14-17,29H,13H2,1-8H3;2*1H;/q;;;+2/p-2. The molecule has 4 heteroatoms. The molecule has 2 aromatic carbocycles. The number of benzene rings is 2. The third-order valence-corrected chi connectivity index (χ3v) is 9.84. The first kappa shape index (κ1) is 27.8. The number of hydrogen-bond acceptors (Lipinski definition) is 0. The molecule has 1 atom stereocenters. The molecule has 1 unspecified atom stereocenters. The molecule has 0 radical (unpaired) electrons. The molecular formula is C28H35Cl2SiZr. The quantitative estimate of drug-likeness (QED) is 0.479. The van der Waals surface area contributed by atoms with Crippen LogP contribution in [0, 0.1) is 0 Å². The molecule has 0 spiro atoms. The van der Waals surface area contributed by atoms with Crippen molar-refractivity contribution in [3.63, 3.8) is 0 Å². The van der Waals surface area contributed by atoms with E-state index < -0.39 is 8.80 Å². The summed E-state index contributed by atoms with van der Waals surface area (Å²) in [6, 6.07) is 9.65. The first-order valence-electron chi connectivity index (χ1n) is 11.3. The number of allylic oxidation sites excluding steroid dienone is 4. The summed E-state index contributed by atoms with van der Waals surface area (Å²) >= 11 is 1.61.